The van der Waals surface area contributed by atoms with E-state index in [9.17, 15) is 4.79 Å². The first-order chi connectivity index (χ1) is 8.67. The molecule has 0 saturated carbocycles. The van der Waals surface area contributed by atoms with Crippen LogP contribution in [0.25, 0.3) is 0 Å². The van der Waals surface area contributed by atoms with Crippen molar-refractivity contribution in [1.29, 1.82) is 0 Å². The summed E-state index contributed by atoms with van der Waals surface area (Å²) in [6.45, 7) is 0. The Bertz CT molecular complexity index is 564. The van der Waals surface area contributed by atoms with Gasteiger partial charge in [-0.15, -0.1) is 0 Å². The molecule has 0 fully saturated rings. The predicted octanol–water partition coefficient (Wildman–Crippen LogP) is 2.85. The standard InChI is InChI=1S/C13H12ClNO3/c1-17-11-7-9(10(14)8-12(11)18-2)13(16)15-5-3-4-6-15/h3-8H,1-2H3. The van der Waals surface area contributed by atoms with E-state index >= 15 is 0 Å². The second-order valence-electron chi connectivity index (χ2n) is 3.58. The minimum absolute atomic E-state index is 0.217. The lowest BCUT2D eigenvalue weighted by Crippen LogP contribution is -2.10. The molecule has 2 rings (SSSR count). The number of methoxy groups -OCH3 is 2. The van der Waals surface area contributed by atoms with E-state index in [1.807, 2.05) is 0 Å². The minimum atomic E-state index is -0.217. The normalized spacial score (nSPS) is 10.2. The highest BCUT2D eigenvalue weighted by atomic mass is 35.5. The average Bonchev–Trinajstić information content (AvgIpc) is 2.91. The van der Waals surface area contributed by atoms with Gasteiger partial charge in [-0.2, -0.15) is 0 Å². The van der Waals surface area contributed by atoms with Crippen molar-refractivity contribution in [2.24, 2.45) is 0 Å². The second-order valence-corrected chi connectivity index (χ2v) is 3.99. The number of hydrogen-bond acceptors (Lipinski definition) is 3. The van der Waals surface area contributed by atoms with Crippen molar-refractivity contribution in [1.82, 2.24) is 4.57 Å². The van der Waals surface area contributed by atoms with Crippen LogP contribution in [0.2, 0.25) is 5.02 Å². The van der Waals surface area contributed by atoms with Crippen molar-refractivity contribution in [3.63, 3.8) is 0 Å². The Morgan fingerprint density at radius 1 is 1.11 bits per heavy atom. The second kappa shape index (κ2) is 5.14. The highest BCUT2D eigenvalue weighted by molar-refractivity contribution is 6.34. The SMILES string of the molecule is COc1cc(Cl)c(C(=O)n2cccc2)cc1OC. The molecule has 0 atom stereocenters. The zero-order valence-corrected chi connectivity index (χ0v) is 10.8. The van der Waals surface area contributed by atoms with Gasteiger partial charge in [0.1, 0.15) is 0 Å². The molecule has 0 bridgehead atoms. The van der Waals surface area contributed by atoms with Gasteiger partial charge in [-0.3, -0.25) is 9.36 Å². The first kappa shape index (κ1) is 12.5. The van der Waals surface area contributed by atoms with E-state index in [-0.39, 0.29) is 5.91 Å². The Labute approximate surface area is 110 Å². The Hall–Kier alpha value is -1.94. The molecular formula is C13H12ClNO3. The molecule has 1 aromatic carbocycles. The maximum Gasteiger partial charge on any atom is 0.263 e. The summed E-state index contributed by atoms with van der Waals surface area (Å²) >= 11 is 6.08. The smallest absolute Gasteiger partial charge is 0.263 e. The van der Waals surface area contributed by atoms with E-state index in [0.717, 1.165) is 0 Å². The van der Waals surface area contributed by atoms with Crippen LogP contribution in [0.3, 0.4) is 0 Å². The van der Waals surface area contributed by atoms with Crippen LogP contribution in [0.1, 0.15) is 10.4 Å². The van der Waals surface area contributed by atoms with Crippen LogP contribution in [-0.2, 0) is 0 Å². The van der Waals surface area contributed by atoms with E-state index in [0.29, 0.717) is 22.1 Å². The fraction of sp³-hybridized carbons (Fsp3) is 0.154. The third-order valence-corrected chi connectivity index (χ3v) is 2.86. The lowest BCUT2D eigenvalue weighted by Gasteiger charge is -2.11. The molecule has 0 amide bonds. The third-order valence-electron chi connectivity index (χ3n) is 2.54. The number of ether oxygens (including phenoxy) is 2. The van der Waals surface area contributed by atoms with Gasteiger partial charge in [-0.25, -0.2) is 0 Å². The molecule has 1 aromatic heterocycles. The summed E-state index contributed by atoms with van der Waals surface area (Å²) in [7, 11) is 3.03. The summed E-state index contributed by atoms with van der Waals surface area (Å²) < 4.78 is 11.7. The maximum atomic E-state index is 12.2. The number of benzene rings is 1. The van der Waals surface area contributed by atoms with Gasteiger partial charge < -0.3 is 9.47 Å². The van der Waals surface area contributed by atoms with E-state index in [1.165, 1.54) is 18.8 Å². The van der Waals surface area contributed by atoms with Crippen molar-refractivity contribution in [2.45, 2.75) is 0 Å². The van der Waals surface area contributed by atoms with Gasteiger partial charge in [0.2, 0.25) is 0 Å². The molecule has 0 radical (unpaired) electrons. The Morgan fingerprint density at radius 3 is 2.22 bits per heavy atom. The molecule has 0 unspecified atom stereocenters. The predicted molar refractivity (Wildman–Crippen MR) is 68.7 cm³/mol. The topological polar surface area (TPSA) is 40.5 Å². The van der Waals surface area contributed by atoms with Crippen LogP contribution in [0.4, 0.5) is 0 Å². The molecule has 0 saturated heterocycles. The van der Waals surface area contributed by atoms with Gasteiger partial charge in [0.15, 0.2) is 11.5 Å². The fourth-order valence-corrected chi connectivity index (χ4v) is 1.86. The van der Waals surface area contributed by atoms with E-state index < -0.39 is 0 Å². The lowest BCUT2D eigenvalue weighted by molar-refractivity contribution is 0.0960. The summed E-state index contributed by atoms with van der Waals surface area (Å²) in [5, 5.41) is 0.325. The molecular weight excluding hydrogens is 254 g/mol. The molecule has 0 N–H and O–H groups in total. The molecule has 0 aliphatic heterocycles. The summed E-state index contributed by atoms with van der Waals surface area (Å²) in [4.78, 5) is 12.2. The van der Waals surface area contributed by atoms with Crippen molar-refractivity contribution in [3.8, 4) is 11.5 Å². The molecule has 0 aliphatic rings. The number of carbonyl (C=O) groups is 1. The van der Waals surface area contributed by atoms with E-state index in [2.05, 4.69) is 0 Å². The van der Waals surface area contributed by atoms with E-state index in [4.69, 9.17) is 21.1 Å². The lowest BCUT2D eigenvalue weighted by atomic mass is 10.2. The highest BCUT2D eigenvalue weighted by Crippen LogP contribution is 2.33. The van der Waals surface area contributed by atoms with Crippen LogP contribution in [-0.4, -0.2) is 24.7 Å². The first-order valence-corrected chi connectivity index (χ1v) is 5.64. The largest absolute Gasteiger partial charge is 0.493 e. The third kappa shape index (κ3) is 2.19. The molecule has 94 valence electrons. The first-order valence-electron chi connectivity index (χ1n) is 5.26. The van der Waals surface area contributed by atoms with Gasteiger partial charge in [0.05, 0.1) is 24.8 Å². The van der Waals surface area contributed by atoms with Crippen molar-refractivity contribution in [2.75, 3.05) is 14.2 Å². The highest BCUT2D eigenvalue weighted by Gasteiger charge is 2.16. The van der Waals surface area contributed by atoms with Crippen LogP contribution < -0.4 is 9.47 Å². The van der Waals surface area contributed by atoms with E-state index in [1.54, 1.807) is 36.7 Å². The molecule has 0 aliphatic carbocycles. The zero-order valence-electron chi connectivity index (χ0n) is 10.0. The number of carbonyl (C=O) groups excluding carboxylic acids is 1. The average molecular weight is 266 g/mol. The molecule has 0 spiro atoms. The summed E-state index contributed by atoms with van der Waals surface area (Å²) in [5.41, 5.74) is 0.366. The van der Waals surface area contributed by atoms with Gasteiger partial charge in [0.25, 0.3) is 5.91 Å². The van der Waals surface area contributed by atoms with Crippen LogP contribution in [0, 0.1) is 0 Å². The van der Waals surface area contributed by atoms with Gasteiger partial charge in [0, 0.05) is 18.5 Å². The summed E-state index contributed by atoms with van der Waals surface area (Å²) in [6, 6.07) is 6.68. The summed E-state index contributed by atoms with van der Waals surface area (Å²) in [5.74, 6) is 0.745. The van der Waals surface area contributed by atoms with Gasteiger partial charge in [-0.05, 0) is 18.2 Å². The van der Waals surface area contributed by atoms with Crippen molar-refractivity contribution in [3.05, 3.63) is 47.2 Å². The fourth-order valence-electron chi connectivity index (χ4n) is 1.63. The Morgan fingerprint density at radius 2 is 1.67 bits per heavy atom. The number of rotatable bonds is 3. The molecule has 5 heteroatoms. The maximum absolute atomic E-state index is 12.2. The number of aromatic nitrogens is 1. The van der Waals surface area contributed by atoms with Crippen LogP contribution in [0.5, 0.6) is 11.5 Å². The van der Waals surface area contributed by atoms with Crippen molar-refractivity contribution < 1.29 is 14.3 Å². The van der Waals surface area contributed by atoms with Crippen molar-refractivity contribution >= 4 is 17.5 Å². The molecule has 4 nitrogen and oxygen atoms in total. The number of halogens is 1. The molecule has 1 heterocycles. The quantitative estimate of drug-likeness (QED) is 0.857. The Balaban J connectivity index is 2.48. The Kier molecular flexibility index (Phi) is 3.58. The zero-order chi connectivity index (χ0) is 13.1. The summed E-state index contributed by atoms with van der Waals surface area (Å²) in [6.07, 6.45) is 3.32. The van der Waals surface area contributed by atoms with Gasteiger partial charge >= 0.3 is 0 Å². The minimum Gasteiger partial charge on any atom is -0.493 e. The number of nitrogens with zero attached hydrogens (tertiary/aromatic N) is 1. The number of hydrogen-bond donors (Lipinski definition) is 0. The van der Waals surface area contributed by atoms with Crippen LogP contribution in [0.15, 0.2) is 36.7 Å². The monoisotopic (exact) mass is 265 g/mol. The van der Waals surface area contributed by atoms with Gasteiger partial charge in [-0.1, -0.05) is 11.6 Å². The molecule has 2 aromatic rings. The van der Waals surface area contributed by atoms with Crippen LogP contribution >= 0.6 is 11.6 Å². The molecule has 18 heavy (non-hydrogen) atoms.